The van der Waals surface area contributed by atoms with Crippen LogP contribution in [-0.2, 0) is 4.74 Å². The van der Waals surface area contributed by atoms with Crippen LogP contribution in [0.4, 0.5) is 0 Å². The first-order valence-corrected chi connectivity index (χ1v) is 5.52. The van der Waals surface area contributed by atoms with E-state index in [9.17, 15) is 0 Å². The van der Waals surface area contributed by atoms with Crippen LogP contribution in [-0.4, -0.2) is 19.0 Å². The van der Waals surface area contributed by atoms with E-state index < -0.39 is 0 Å². The van der Waals surface area contributed by atoms with Crippen molar-refractivity contribution in [3.05, 3.63) is 0 Å². The Kier molecular flexibility index (Phi) is 8.88. The van der Waals surface area contributed by atoms with Gasteiger partial charge in [-0.15, -0.1) is 0 Å². The van der Waals surface area contributed by atoms with Gasteiger partial charge in [-0.3, -0.25) is 0 Å². The van der Waals surface area contributed by atoms with Crippen molar-refractivity contribution in [3.8, 4) is 0 Å². The van der Waals surface area contributed by atoms with Crippen LogP contribution in [0.1, 0.15) is 32.6 Å². The van der Waals surface area contributed by atoms with Crippen molar-refractivity contribution in [3.63, 3.8) is 0 Å². The first-order valence-electron chi connectivity index (χ1n) is 4.40. The van der Waals surface area contributed by atoms with E-state index in [1.54, 1.807) is 7.11 Å². The fourth-order valence-electron chi connectivity index (χ4n) is 1.28. The molecule has 11 heavy (non-hydrogen) atoms. The molecule has 1 unspecified atom stereocenters. The summed E-state index contributed by atoms with van der Waals surface area (Å²) in [5.41, 5.74) is 0. The molecular weight excluding hydrogens is 204 g/mol. The third-order valence-electron chi connectivity index (χ3n) is 1.94. The van der Waals surface area contributed by atoms with E-state index in [4.69, 9.17) is 4.74 Å². The zero-order chi connectivity index (χ0) is 8.53. The zero-order valence-corrected chi connectivity index (χ0v) is 9.19. The van der Waals surface area contributed by atoms with E-state index in [0.717, 1.165) is 17.9 Å². The van der Waals surface area contributed by atoms with Crippen molar-refractivity contribution in [1.29, 1.82) is 0 Å². The molecule has 0 saturated heterocycles. The predicted octanol–water partition coefficient (Wildman–Crippen LogP) is 3.22. The Balaban J connectivity index is 3.34. The molecule has 0 bridgehead atoms. The smallest absolute Gasteiger partial charge is 0.0464 e. The first kappa shape index (κ1) is 11.4. The summed E-state index contributed by atoms with van der Waals surface area (Å²) >= 11 is 3.47. The summed E-state index contributed by atoms with van der Waals surface area (Å²) in [5, 5.41) is 1.13. The Bertz CT molecular complexity index is 70.0. The van der Waals surface area contributed by atoms with E-state index in [0.29, 0.717) is 0 Å². The largest absolute Gasteiger partial charge is 0.385 e. The lowest BCUT2D eigenvalue weighted by Crippen LogP contribution is -2.04. The highest BCUT2D eigenvalue weighted by Gasteiger charge is 2.05. The van der Waals surface area contributed by atoms with Crippen LogP contribution >= 0.6 is 15.9 Å². The molecule has 0 aromatic heterocycles. The lowest BCUT2D eigenvalue weighted by Gasteiger charge is -2.13. The number of hydrogen-bond donors (Lipinski definition) is 0. The zero-order valence-electron chi connectivity index (χ0n) is 7.61. The minimum Gasteiger partial charge on any atom is -0.385 e. The molecule has 0 heterocycles. The Morgan fingerprint density at radius 2 is 2.00 bits per heavy atom. The summed E-state index contributed by atoms with van der Waals surface area (Å²) in [4.78, 5) is 0. The van der Waals surface area contributed by atoms with Gasteiger partial charge >= 0.3 is 0 Å². The van der Waals surface area contributed by atoms with Gasteiger partial charge in [-0.1, -0.05) is 35.7 Å². The summed E-state index contributed by atoms with van der Waals surface area (Å²) in [6.07, 6.45) is 5.14. The number of hydrogen-bond acceptors (Lipinski definition) is 1. The van der Waals surface area contributed by atoms with Crippen molar-refractivity contribution < 1.29 is 4.74 Å². The van der Waals surface area contributed by atoms with E-state index in [1.165, 1.54) is 25.7 Å². The quantitative estimate of drug-likeness (QED) is 0.602. The van der Waals surface area contributed by atoms with Gasteiger partial charge in [0.25, 0.3) is 0 Å². The van der Waals surface area contributed by atoms with Gasteiger partial charge in [0.15, 0.2) is 0 Å². The van der Waals surface area contributed by atoms with Crippen LogP contribution in [0.15, 0.2) is 0 Å². The van der Waals surface area contributed by atoms with Crippen LogP contribution in [0.2, 0.25) is 0 Å². The molecule has 0 radical (unpaired) electrons. The number of alkyl halides is 1. The second-order valence-electron chi connectivity index (χ2n) is 2.91. The second kappa shape index (κ2) is 8.54. The maximum Gasteiger partial charge on any atom is 0.0464 e. The molecule has 0 rings (SSSR count). The molecule has 0 aliphatic carbocycles. The minimum absolute atomic E-state index is 0.860. The number of methoxy groups -OCH3 is 1. The van der Waals surface area contributed by atoms with Crippen LogP contribution in [0.5, 0.6) is 0 Å². The van der Waals surface area contributed by atoms with Gasteiger partial charge in [0.05, 0.1) is 0 Å². The molecule has 0 amide bonds. The number of ether oxygens (including phenoxy) is 1. The summed E-state index contributed by atoms with van der Waals surface area (Å²) in [5.74, 6) is 0.860. The average molecular weight is 223 g/mol. The SMILES string of the molecule is CCCC(CCBr)CCOC. The predicted molar refractivity (Wildman–Crippen MR) is 53.3 cm³/mol. The van der Waals surface area contributed by atoms with Crippen molar-refractivity contribution in [1.82, 2.24) is 0 Å². The molecule has 0 saturated carbocycles. The Morgan fingerprint density at radius 1 is 1.27 bits per heavy atom. The summed E-state index contributed by atoms with van der Waals surface area (Å²) < 4.78 is 5.05. The third-order valence-corrected chi connectivity index (χ3v) is 2.40. The van der Waals surface area contributed by atoms with Crippen molar-refractivity contribution in [2.45, 2.75) is 32.6 Å². The maximum absolute atomic E-state index is 5.05. The third kappa shape index (κ3) is 6.82. The number of rotatable bonds is 7. The first-order chi connectivity index (χ1) is 5.35. The summed E-state index contributed by atoms with van der Waals surface area (Å²) in [6, 6.07) is 0. The Morgan fingerprint density at radius 3 is 2.45 bits per heavy atom. The van der Waals surface area contributed by atoms with Crippen LogP contribution in [0.25, 0.3) is 0 Å². The van der Waals surface area contributed by atoms with Crippen molar-refractivity contribution in [2.75, 3.05) is 19.0 Å². The number of halogens is 1. The summed E-state index contributed by atoms with van der Waals surface area (Å²) in [7, 11) is 1.77. The second-order valence-corrected chi connectivity index (χ2v) is 3.71. The van der Waals surface area contributed by atoms with Gasteiger partial charge in [-0.05, 0) is 18.8 Å². The highest BCUT2D eigenvalue weighted by Crippen LogP contribution is 2.16. The molecule has 0 spiro atoms. The molecule has 0 aliphatic heterocycles. The van der Waals surface area contributed by atoms with Gasteiger partial charge in [0, 0.05) is 19.0 Å². The van der Waals surface area contributed by atoms with Crippen LogP contribution in [0.3, 0.4) is 0 Å². The highest BCUT2D eigenvalue weighted by molar-refractivity contribution is 9.09. The lowest BCUT2D eigenvalue weighted by molar-refractivity contribution is 0.174. The Labute approximate surface area is 78.6 Å². The normalized spacial score (nSPS) is 13.4. The molecule has 0 fully saturated rings. The molecule has 0 aliphatic rings. The van der Waals surface area contributed by atoms with Gasteiger partial charge in [-0.2, -0.15) is 0 Å². The Hall–Kier alpha value is 0.440. The van der Waals surface area contributed by atoms with Gasteiger partial charge in [0.1, 0.15) is 0 Å². The molecule has 0 aromatic rings. The molecule has 2 heteroatoms. The molecule has 1 atom stereocenters. The van der Waals surface area contributed by atoms with Crippen molar-refractivity contribution >= 4 is 15.9 Å². The monoisotopic (exact) mass is 222 g/mol. The fourth-order valence-corrected chi connectivity index (χ4v) is 1.93. The van der Waals surface area contributed by atoms with Gasteiger partial charge in [-0.25, -0.2) is 0 Å². The minimum atomic E-state index is 0.860. The topological polar surface area (TPSA) is 9.23 Å². The van der Waals surface area contributed by atoms with Crippen LogP contribution < -0.4 is 0 Å². The molecular formula is C9H19BrO. The standard InChI is InChI=1S/C9H19BrO/c1-3-4-9(5-7-10)6-8-11-2/h9H,3-8H2,1-2H3. The fraction of sp³-hybridized carbons (Fsp3) is 1.00. The lowest BCUT2D eigenvalue weighted by atomic mass is 9.98. The van der Waals surface area contributed by atoms with E-state index in [2.05, 4.69) is 22.9 Å². The summed E-state index contributed by atoms with van der Waals surface area (Å²) in [6.45, 7) is 3.16. The molecule has 0 N–H and O–H groups in total. The van der Waals surface area contributed by atoms with Gasteiger partial charge < -0.3 is 4.74 Å². The van der Waals surface area contributed by atoms with Crippen LogP contribution in [0, 0.1) is 5.92 Å². The average Bonchev–Trinajstić information content (AvgIpc) is 2.01. The molecule has 0 aromatic carbocycles. The van der Waals surface area contributed by atoms with E-state index >= 15 is 0 Å². The maximum atomic E-state index is 5.05. The molecule has 1 nitrogen and oxygen atoms in total. The highest BCUT2D eigenvalue weighted by atomic mass is 79.9. The van der Waals surface area contributed by atoms with E-state index in [-0.39, 0.29) is 0 Å². The molecule has 68 valence electrons. The van der Waals surface area contributed by atoms with Crippen molar-refractivity contribution in [2.24, 2.45) is 5.92 Å². The van der Waals surface area contributed by atoms with E-state index in [1.807, 2.05) is 0 Å². The van der Waals surface area contributed by atoms with Gasteiger partial charge in [0.2, 0.25) is 0 Å².